The highest BCUT2D eigenvalue weighted by atomic mass is 19.1. The molecular formula is C7H11FO3. The fourth-order valence-corrected chi connectivity index (χ4v) is 0.468. The van der Waals surface area contributed by atoms with Gasteiger partial charge in [-0.05, 0) is 13.8 Å². The van der Waals surface area contributed by atoms with Gasteiger partial charge in [0.2, 0.25) is 0 Å². The number of hydrogen-bond donors (Lipinski definition) is 0. The molecule has 3 nitrogen and oxygen atoms in total. The van der Waals surface area contributed by atoms with Gasteiger partial charge in [0.15, 0.2) is 11.5 Å². The van der Waals surface area contributed by atoms with E-state index in [-0.39, 0.29) is 0 Å². The molecule has 0 aliphatic heterocycles. The molecule has 4 heteroatoms. The molecule has 0 amide bonds. The molecule has 0 fully saturated rings. The van der Waals surface area contributed by atoms with Gasteiger partial charge in [-0.2, -0.15) is 0 Å². The first-order chi connectivity index (χ1) is 4.90. The van der Waals surface area contributed by atoms with Crippen molar-refractivity contribution >= 4 is 11.8 Å². The van der Waals surface area contributed by atoms with Crippen LogP contribution in [0, 0.1) is 0 Å². The van der Waals surface area contributed by atoms with Crippen LogP contribution in [0.5, 0.6) is 0 Å². The van der Waals surface area contributed by atoms with Crippen LogP contribution < -0.4 is 0 Å². The number of alkyl halides is 1. The van der Waals surface area contributed by atoms with Gasteiger partial charge in [0, 0.05) is 0 Å². The number of Topliss-reactive ketones (excluding diaryl/α,β-unsaturated/α-hetero) is 1. The van der Waals surface area contributed by atoms with Crippen molar-refractivity contribution < 1.29 is 18.7 Å². The molecule has 1 unspecified atom stereocenters. The zero-order valence-electron chi connectivity index (χ0n) is 6.81. The Hall–Kier alpha value is -0.930. The number of ketones is 1. The Morgan fingerprint density at radius 2 is 2.00 bits per heavy atom. The highest BCUT2D eigenvalue weighted by Crippen LogP contribution is 2.16. The van der Waals surface area contributed by atoms with Gasteiger partial charge in [-0.25, -0.2) is 4.39 Å². The van der Waals surface area contributed by atoms with E-state index in [1.807, 2.05) is 0 Å². The molecule has 0 bridgehead atoms. The van der Waals surface area contributed by atoms with E-state index in [0.29, 0.717) is 0 Å². The highest BCUT2D eigenvalue weighted by Gasteiger charge is 2.32. The van der Waals surface area contributed by atoms with Gasteiger partial charge >= 0.3 is 5.97 Å². The number of carbonyl (C=O) groups excluding carboxylic acids is 2. The summed E-state index contributed by atoms with van der Waals surface area (Å²) in [5, 5.41) is 0. The Labute approximate surface area is 64.5 Å². The van der Waals surface area contributed by atoms with Crippen molar-refractivity contribution in [2.75, 3.05) is 7.11 Å². The summed E-state index contributed by atoms with van der Waals surface area (Å²) >= 11 is 0. The van der Waals surface area contributed by atoms with Crippen molar-refractivity contribution in [1.29, 1.82) is 0 Å². The van der Waals surface area contributed by atoms with Crippen molar-refractivity contribution in [2.45, 2.75) is 25.9 Å². The summed E-state index contributed by atoms with van der Waals surface area (Å²) in [6.07, 6.45) is -0.515. The molecule has 1 atom stereocenters. The number of rotatable bonds is 3. The molecule has 64 valence electrons. The van der Waals surface area contributed by atoms with Gasteiger partial charge in [-0.3, -0.25) is 9.59 Å². The molecule has 11 heavy (non-hydrogen) atoms. The summed E-state index contributed by atoms with van der Waals surface area (Å²) < 4.78 is 17.2. The summed E-state index contributed by atoms with van der Waals surface area (Å²) in [5.41, 5.74) is -2.09. The first-order valence-electron chi connectivity index (χ1n) is 3.17. The molecule has 0 saturated heterocycles. The lowest BCUT2D eigenvalue weighted by Crippen LogP contribution is -2.31. The Balaban J connectivity index is 4.12. The fraction of sp³-hybridized carbons (Fsp3) is 0.714. The van der Waals surface area contributed by atoms with Gasteiger partial charge in [-0.1, -0.05) is 0 Å². The molecule has 0 heterocycles. The maximum absolute atomic E-state index is 13.0. The van der Waals surface area contributed by atoms with Gasteiger partial charge in [-0.15, -0.1) is 0 Å². The van der Waals surface area contributed by atoms with Crippen LogP contribution >= 0.6 is 0 Å². The third-order valence-corrected chi connectivity index (χ3v) is 1.44. The molecule has 0 aromatic rings. The number of halogens is 1. The Bertz CT molecular complexity index is 175. The maximum Gasteiger partial charge on any atom is 0.309 e. The first-order valence-corrected chi connectivity index (χ1v) is 3.17. The van der Waals surface area contributed by atoms with Crippen LogP contribution in [0.15, 0.2) is 0 Å². The third-order valence-electron chi connectivity index (χ3n) is 1.44. The number of ether oxygens (including phenoxy) is 1. The number of esters is 1. The molecule has 0 spiro atoms. The molecule has 0 aromatic heterocycles. The quantitative estimate of drug-likeness (QED) is 0.578. The van der Waals surface area contributed by atoms with Crippen LogP contribution in [-0.4, -0.2) is 24.5 Å². The van der Waals surface area contributed by atoms with Crippen molar-refractivity contribution in [3.05, 3.63) is 0 Å². The minimum absolute atomic E-state index is 0.515. The second-order valence-electron chi connectivity index (χ2n) is 2.51. The number of carbonyl (C=O) groups is 2. The summed E-state index contributed by atoms with van der Waals surface area (Å²) in [6.45, 7) is 2.16. The van der Waals surface area contributed by atoms with E-state index in [9.17, 15) is 14.0 Å². The van der Waals surface area contributed by atoms with Crippen LogP contribution in [0.25, 0.3) is 0 Å². The highest BCUT2D eigenvalue weighted by molar-refractivity contribution is 5.88. The van der Waals surface area contributed by atoms with Crippen molar-refractivity contribution in [3.63, 3.8) is 0 Å². The van der Waals surface area contributed by atoms with E-state index in [0.717, 1.165) is 21.0 Å². The first kappa shape index (κ1) is 10.1. The van der Waals surface area contributed by atoms with Crippen LogP contribution in [0.4, 0.5) is 4.39 Å². The molecular weight excluding hydrogens is 151 g/mol. The normalized spacial score (nSPS) is 15.3. The largest absolute Gasteiger partial charge is 0.469 e. The van der Waals surface area contributed by atoms with Gasteiger partial charge in [0.1, 0.15) is 0 Å². The minimum atomic E-state index is -2.09. The van der Waals surface area contributed by atoms with Crippen molar-refractivity contribution in [2.24, 2.45) is 0 Å². The predicted molar refractivity (Wildman–Crippen MR) is 36.8 cm³/mol. The lowest BCUT2D eigenvalue weighted by molar-refractivity contribution is -0.147. The third kappa shape index (κ3) is 3.11. The van der Waals surface area contributed by atoms with Crippen LogP contribution in [0.3, 0.4) is 0 Å². The fourth-order valence-electron chi connectivity index (χ4n) is 0.468. The molecule has 0 radical (unpaired) electrons. The lowest BCUT2D eigenvalue weighted by atomic mass is 10.0. The minimum Gasteiger partial charge on any atom is -0.469 e. The van der Waals surface area contributed by atoms with E-state index in [1.54, 1.807) is 0 Å². The molecule has 0 rings (SSSR count). The smallest absolute Gasteiger partial charge is 0.309 e. The van der Waals surface area contributed by atoms with E-state index in [1.165, 1.54) is 0 Å². The lowest BCUT2D eigenvalue weighted by Gasteiger charge is -2.13. The van der Waals surface area contributed by atoms with Gasteiger partial charge in [0.25, 0.3) is 0 Å². The monoisotopic (exact) mass is 162 g/mol. The number of methoxy groups -OCH3 is 1. The van der Waals surface area contributed by atoms with E-state index >= 15 is 0 Å². The average Bonchev–Trinajstić information content (AvgIpc) is 1.86. The topological polar surface area (TPSA) is 43.4 Å². The SMILES string of the molecule is COC(=O)CC(C)(F)C(C)=O. The average molecular weight is 162 g/mol. The Morgan fingerprint density at radius 1 is 1.55 bits per heavy atom. The molecule has 0 aromatic carbocycles. The summed E-state index contributed by atoms with van der Waals surface area (Å²) in [5.74, 6) is -1.38. The Morgan fingerprint density at radius 3 is 2.27 bits per heavy atom. The molecule has 0 aliphatic carbocycles. The summed E-state index contributed by atoms with van der Waals surface area (Å²) in [7, 11) is 1.15. The van der Waals surface area contributed by atoms with Gasteiger partial charge < -0.3 is 4.74 Å². The summed E-state index contributed by atoms with van der Waals surface area (Å²) in [6, 6.07) is 0. The second kappa shape index (κ2) is 3.46. The standard InChI is InChI=1S/C7H11FO3/c1-5(9)7(2,8)4-6(10)11-3/h4H2,1-3H3. The van der Waals surface area contributed by atoms with E-state index in [4.69, 9.17) is 0 Å². The Kier molecular flexibility index (Phi) is 3.17. The van der Waals surface area contributed by atoms with Crippen LogP contribution in [-0.2, 0) is 14.3 Å². The van der Waals surface area contributed by atoms with Crippen molar-refractivity contribution in [1.82, 2.24) is 0 Å². The molecule has 0 N–H and O–H groups in total. The molecule has 0 saturated carbocycles. The van der Waals surface area contributed by atoms with Crippen LogP contribution in [0.2, 0.25) is 0 Å². The summed E-state index contributed by atoms with van der Waals surface area (Å²) in [4.78, 5) is 21.1. The van der Waals surface area contributed by atoms with E-state index in [2.05, 4.69) is 4.74 Å². The van der Waals surface area contributed by atoms with Crippen LogP contribution in [0.1, 0.15) is 20.3 Å². The molecule has 0 aliphatic rings. The van der Waals surface area contributed by atoms with Gasteiger partial charge in [0.05, 0.1) is 13.5 Å². The predicted octanol–water partition coefficient (Wildman–Crippen LogP) is 0.867. The zero-order chi connectivity index (χ0) is 9.07. The van der Waals surface area contributed by atoms with E-state index < -0.39 is 23.8 Å². The zero-order valence-corrected chi connectivity index (χ0v) is 6.81. The van der Waals surface area contributed by atoms with Crippen molar-refractivity contribution in [3.8, 4) is 0 Å². The second-order valence-corrected chi connectivity index (χ2v) is 2.51. The number of hydrogen-bond acceptors (Lipinski definition) is 3. The maximum atomic E-state index is 13.0.